The van der Waals surface area contributed by atoms with Crippen LogP contribution in [-0.2, 0) is 39.1 Å². The first-order chi connectivity index (χ1) is 8.38. The van der Waals surface area contributed by atoms with Gasteiger partial charge in [-0.2, -0.15) is 0 Å². The van der Waals surface area contributed by atoms with Gasteiger partial charge in [0.2, 0.25) is 0 Å². The van der Waals surface area contributed by atoms with Crippen LogP contribution >= 0.6 is 0 Å². The van der Waals surface area contributed by atoms with E-state index in [9.17, 15) is 13.2 Å². The minimum atomic E-state index is -4.29. The zero-order valence-electron chi connectivity index (χ0n) is 9.52. The van der Waals surface area contributed by atoms with Gasteiger partial charge in [-0.3, -0.25) is 0 Å². The van der Waals surface area contributed by atoms with Crippen LogP contribution < -0.4 is 0 Å². The molecule has 0 amide bonds. The Morgan fingerprint density at radius 1 is 1.22 bits per heavy atom. The summed E-state index contributed by atoms with van der Waals surface area (Å²) in [5, 5.41) is 0. The number of hydrogen-bond acceptors (Lipinski definition) is 0. The van der Waals surface area contributed by atoms with Crippen molar-refractivity contribution in [2.24, 2.45) is 7.05 Å². The van der Waals surface area contributed by atoms with E-state index >= 15 is 0 Å². The molecule has 0 aliphatic carbocycles. The van der Waals surface area contributed by atoms with Gasteiger partial charge >= 0.3 is 113 Å². The molecule has 0 aliphatic rings. The third-order valence-corrected chi connectivity index (χ3v) is 4.02. The van der Waals surface area contributed by atoms with Crippen molar-refractivity contribution < 1.29 is 32.5 Å². The van der Waals surface area contributed by atoms with Gasteiger partial charge in [0.1, 0.15) is 0 Å². The SMILES string of the molecule is Cn1ccn(Cc2cccc(C(F)(F)F)c2)[c]1=[Pt]. The van der Waals surface area contributed by atoms with Crippen LogP contribution in [0, 0.1) is 3.80 Å². The average molecular weight is 435 g/mol. The molecule has 0 unspecified atom stereocenters. The summed E-state index contributed by atoms with van der Waals surface area (Å²) in [6.45, 7) is 0.434. The number of halogens is 3. The second-order valence-corrected chi connectivity index (χ2v) is 4.99. The molecule has 1 aromatic heterocycles. The molecule has 0 bridgehead atoms. The number of alkyl halides is 3. The quantitative estimate of drug-likeness (QED) is 0.687. The summed E-state index contributed by atoms with van der Waals surface area (Å²) in [6.07, 6.45) is -0.566. The Balaban J connectivity index is 2.31. The first-order valence-electron chi connectivity index (χ1n) is 5.21. The van der Waals surface area contributed by atoms with E-state index in [-0.39, 0.29) is 0 Å². The molecule has 2 rings (SSSR count). The van der Waals surface area contributed by atoms with Gasteiger partial charge in [-0.1, -0.05) is 0 Å². The molecule has 6 heteroatoms. The third kappa shape index (κ3) is 2.83. The van der Waals surface area contributed by atoms with Gasteiger partial charge < -0.3 is 0 Å². The molecule has 2 nitrogen and oxygen atoms in total. The van der Waals surface area contributed by atoms with Gasteiger partial charge in [0, 0.05) is 0 Å². The van der Waals surface area contributed by atoms with Crippen molar-refractivity contribution in [1.29, 1.82) is 0 Å². The fourth-order valence-electron chi connectivity index (χ4n) is 1.65. The fraction of sp³-hybridized carbons (Fsp3) is 0.250. The van der Waals surface area contributed by atoms with E-state index in [2.05, 4.69) is 19.4 Å². The maximum absolute atomic E-state index is 12.6. The number of rotatable bonds is 2. The number of aryl methyl sites for hydroxylation is 1. The van der Waals surface area contributed by atoms with Crippen molar-refractivity contribution in [3.05, 3.63) is 51.6 Å². The van der Waals surface area contributed by atoms with Crippen molar-refractivity contribution in [1.82, 2.24) is 9.13 Å². The Morgan fingerprint density at radius 3 is 2.50 bits per heavy atom. The number of benzene rings is 1. The molecule has 0 atom stereocenters. The first-order valence-corrected chi connectivity index (χ1v) is 6.35. The number of imidazole rings is 1. The summed E-state index contributed by atoms with van der Waals surface area (Å²) in [7, 11) is 1.89. The monoisotopic (exact) mass is 435 g/mol. The zero-order valence-corrected chi connectivity index (χ0v) is 11.8. The van der Waals surface area contributed by atoms with Gasteiger partial charge in [0.05, 0.1) is 0 Å². The van der Waals surface area contributed by atoms with Crippen LogP contribution in [0.15, 0.2) is 36.7 Å². The fourth-order valence-corrected chi connectivity index (χ4v) is 2.17. The zero-order chi connectivity index (χ0) is 13.3. The normalized spacial score (nSPS) is 11.9. The Bertz CT molecular complexity index is 610. The predicted molar refractivity (Wildman–Crippen MR) is 57.2 cm³/mol. The van der Waals surface area contributed by atoms with Gasteiger partial charge in [-0.15, -0.1) is 0 Å². The van der Waals surface area contributed by atoms with E-state index in [0.29, 0.717) is 12.1 Å². The molecular formula is C12H11F3N2Pt. The van der Waals surface area contributed by atoms with E-state index in [0.717, 1.165) is 9.87 Å². The van der Waals surface area contributed by atoms with Crippen LogP contribution in [-0.4, -0.2) is 9.13 Å². The molecule has 18 heavy (non-hydrogen) atoms. The molecule has 0 spiro atoms. The second kappa shape index (κ2) is 4.88. The summed E-state index contributed by atoms with van der Waals surface area (Å²) < 4.78 is 42.5. The molecule has 0 saturated carbocycles. The maximum atomic E-state index is 12.6. The molecule has 0 N–H and O–H groups in total. The average Bonchev–Trinajstić information content (AvgIpc) is 2.60. The predicted octanol–water partition coefficient (Wildman–Crippen LogP) is 2.97. The van der Waals surface area contributed by atoms with Gasteiger partial charge in [-0.05, 0) is 0 Å². The van der Waals surface area contributed by atoms with E-state index in [1.165, 1.54) is 12.1 Å². The topological polar surface area (TPSA) is 9.86 Å². The molecule has 1 aromatic carbocycles. The van der Waals surface area contributed by atoms with Gasteiger partial charge in [-0.25, -0.2) is 0 Å². The summed E-state index contributed by atoms with van der Waals surface area (Å²) >= 11 is 2.14. The number of aromatic nitrogens is 2. The third-order valence-electron chi connectivity index (χ3n) is 2.57. The van der Waals surface area contributed by atoms with E-state index in [1.807, 2.05) is 28.6 Å². The van der Waals surface area contributed by atoms with Crippen molar-refractivity contribution in [2.45, 2.75) is 12.7 Å². The number of nitrogens with zero attached hydrogens (tertiary/aromatic N) is 2. The van der Waals surface area contributed by atoms with Crippen LogP contribution in [0.25, 0.3) is 0 Å². The van der Waals surface area contributed by atoms with E-state index in [1.54, 1.807) is 6.07 Å². The van der Waals surface area contributed by atoms with Crippen molar-refractivity contribution in [2.75, 3.05) is 0 Å². The molecule has 0 saturated heterocycles. The Hall–Kier alpha value is -1.09. The molecule has 0 aliphatic heterocycles. The van der Waals surface area contributed by atoms with Gasteiger partial charge in [0.25, 0.3) is 0 Å². The van der Waals surface area contributed by atoms with Gasteiger partial charge in [0.15, 0.2) is 0 Å². The van der Waals surface area contributed by atoms with Crippen molar-refractivity contribution in [3.63, 3.8) is 0 Å². The van der Waals surface area contributed by atoms with Crippen molar-refractivity contribution in [3.8, 4) is 0 Å². The molecule has 0 radical (unpaired) electrons. The molecular weight excluding hydrogens is 424 g/mol. The standard InChI is InChI=1S/C12H11F3N2.Pt/c1-16-5-6-17(9-16)8-10-3-2-4-11(7-10)12(13,14)15;/h2-7H,8H2,1H3;. The van der Waals surface area contributed by atoms with Crippen LogP contribution in [0.4, 0.5) is 13.2 Å². The Morgan fingerprint density at radius 2 is 1.94 bits per heavy atom. The van der Waals surface area contributed by atoms with Crippen LogP contribution in [0.3, 0.4) is 0 Å². The summed E-state index contributed by atoms with van der Waals surface area (Å²) in [5.41, 5.74) is 0.0334. The Labute approximate surface area is 113 Å². The van der Waals surface area contributed by atoms with Crippen LogP contribution in [0.5, 0.6) is 0 Å². The summed E-state index contributed by atoms with van der Waals surface area (Å²) in [4.78, 5) is 0. The summed E-state index contributed by atoms with van der Waals surface area (Å²) in [5.74, 6) is 0. The summed E-state index contributed by atoms with van der Waals surface area (Å²) in [6, 6.07) is 5.42. The second-order valence-electron chi connectivity index (χ2n) is 3.98. The van der Waals surface area contributed by atoms with E-state index in [4.69, 9.17) is 0 Å². The first kappa shape index (κ1) is 13.3. The molecule has 2 aromatic rings. The minimum absolute atomic E-state index is 0.434. The number of hydrogen-bond donors (Lipinski definition) is 0. The molecule has 100 valence electrons. The molecule has 1 heterocycles. The molecule has 0 fully saturated rings. The Kier molecular flexibility index (Phi) is 3.62. The van der Waals surface area contributed by atoms with Crippen LogP contribution in [0.1, 0.15) is 11.1 Å². The van der Waals surface area contributed by atoms with E-state index < -0.39 is 11.7 Å². The van der Waals surface area contributed by atoms with Crippen molar-refractivity contribution >= 4 is 0 Å². The van der Waals surface area contributed by atoms with Crippen LogP contribution in [0.2, 0.25) is 0 Å².